The van der Waals surface area contributed by atoms with Crippen molar-refractivity contribution in [2.24, 2.45) is 0 Å². The lowest BCUT2D eigenvalue weighted by Crippen LogP contribution is -1.99. The Balaban J connectivity index is 2.33. The lowest BCUT2D eigenvalue weighted by atomic mass is 10.3. The van der Waals surface area contributed by atoms with Crippen molar-refractivity contribution in [1.29, 1.82) is 0 Å². The number of benzene rings is 1. The summed E-state index contributed by atoms with van der Waals surface area (Å²) in [6.07, 6.45) is 1.80. The summed E-state index contributed by atoms with van der Waals surface area (Å²) in [4.78, 5) is 0. The number of nitrogen functional groups attached to an aromatic ring is 1. The first-order valence-electron chi connectivity index (χ1n) is 4.56. The fourth-order valence-electron chi connectivity index (χ4n) is 1.33. The molecule has 15 heavy (non-hydrogen) atoms. The van der Waals surface area contributed by atoms with E-state index in [1.807, 2.05) is 24.3 Å². The minimum Gasteiger partial charge on any atom is -0.397 e. The minimum atomic E-state index is 0.451. The summed E-state index contributed by atoms with van der Waals surface area (Å²) in [7, 11) is 1.62. The van der Waals surface area contributed by atoms with E-state index in [0.717, 1.165) is 11.4 Å². The molecule has 1 heterocycles. The van der Waals surface area contributed by atoms with Gasteiger partial charge in [0.25, 0.3) is 0 Å². The van der Waals surface area contributed by atoms with Gasteiger partial charge in [0.05, 0.1) is 24.2 Å². The molecule has 0 aliphatic heterocycles. The van der Waals surface area contributed by atoms with Crippen molar-refractivity contribution in [1.82, 2.24) is 15.0 Å². The highest BCUT2D eigenvalue weighted by Crippen LogP contribution is 2.15. The van der Waals surface area contributed by atoms with E-state index in [1.165, 1.54) is 0 Å². The summed E-state index contributed by atoms with van der Waals surface area (Å²) in [5.74, 6) is 0. The van der Waals surface area contributed by atoms with Crippen molar-refractivity contribution in [3.63, 3.8) is 0 Å². The Morgan fingerprint density at radius 3 is 2.93 bits per heavy atom. The van der Waals surface area contributed by atoms with E-state index in [9.17, 15) is 0 Å². The van der Waals surface area contributed by atoms with Crippen LogP contribution in [0.5, 0.6) is 0 Å². The number of rotatable bonds is 3. The van der Waals surface area contributed by atoms with Crippen LogP contribution >= 0.6 is 0 Å². The second-order valence-electron chi connectivity index (χ2n) is 3.15. The maximum absolute atomic E-state index is 5.82. The normalized spacial score (nSPS) is 10.5. The molecule has 1 aromatic carbocycles. The number of hydrogen-bond donors (Lipinski definition) is 1. The Kier molecular flexibility index (Phi) is 2.64. The highest BCUT2D eigenvalue weighted by atomic mass is 16.5. The van der Waals surface area contributed by atoms with Crippen LogP contribution in [0, 0.1) is 0 Å². The smallest absolute Gasteiger partial charge is 0.109 e. The molecule has 0 spiro atoms. The van der Waals surface area contributed by atoms with Crippen molar-refractivity contribution in [2.75, 3.05) is 12.8 Å². The minimum absolute atomic E-state index is 0.451. The summed E-state index contributed by atoms with van der Waals surface area (Å²) >= 11 is 0. The number of para-hydroxylation sites is 2. The van der Waals surface area contributed by atoms with E-state index < -0.39 is 0 Å². The van der Waals surface area contributed by atoms with Crippen LogP contribution in [0.15, 0.2) is 30.5 Å². The third kappa shape index (κ3) is 1.97. The SMILES string of the molecule is COCc1cn(-c2ccccc2N)nn1. The number of nitrogens with two attached hydrogens (primary N) is 1. The number of hydrogen-bond acceptors (Lipinski definition) is 4. The van der Waals surface area contributed by atoms with Crippen LogP contribution in [0.4, 0.5) is 5.69 Å². The summed E-state index contributed by atoms with van der Waals surface area (Å²) < 4.78 is 6.60. The fraction of sp³-hybridized carbons (Fsp3) is 0.200. The van der Waals surface area contributed by atoms with Gasteiger partial charge in [0.2, 0.25) is 0 Å². The van der Waals surface area contributed by atoms with Crippen LogP contribution in [0.3, 0.4) is 0 Å². The maximum Gasteiger partial charge on any atom is 0.109 e. The Labute approximate surface area is 87.5 Å². The molecular formula is C10H12N4O. The molecule has 0 amide bonds. The van der Waals surface area contributed by atoms with Gasteiger partial charge in [0.15, 0.2) is 0 Å². The van der Waals surface area contributed by atoms with E-state index in [4.69, 9.17) is 10.5 Å². The van der Waals surface area contributed by atoms with E-state index in [2.05, 4.69) is 10.3 Å². The quantitative estimate of drug-likeness (QED) is 0.757. The third-order valence-electron chi connectivity index (χ3n) is 2.02. The Morgan fingerprint density at radius 1 is 1.40 bits per heavy atom. The predicted molar refractivity (Wildman–Crippen MR) is 56.5 cm³/mol. The van der Waals surface area contributed by atoms with Crippen LogP contribution in [0.1, 0.15) is 5.69 Å². The molecule has 2 rings (SSSR count). The Bertz CT molecular complexity index is 452. The number of nitrogens with zero attached hydrogens (tertiary/aromatic N) is 3. The van der Waals surface area contributed by atoms with Gasteiger partial charge in [-0.2, -0.15) is 0 Å². The number of aromatic nitrogens is 3. The third-order valence-corrected chi connectivity index (χ3v) is 2.02. The molecule has 5 heteroatoms. The van der Waals surface area contributed by atoms with Gasteiger partial charge in [-0.3, -0.25) is 0 Å². The zero-order valence-corrected chi connectivity index (χ0v) is 8.42. The molecule has 0 aliphatic rings. The molecule has 0 saturated carbocycles. The predicted octanol–water partition coefficient (Wildman–Crippen LogP) is 0.996. The largest absolute Gasteiger partial charge is 0.397 e. The molecule has 0 saturated heterocycles. The van der Waals surface area contributed by atoms with E-state index in [0.29, 0.717) is 12.3 Å². The number of ether oxygens (including phenoxy) is 1. The first-order chi connectivity index (χ1) is 7.31. The number of anilines is 1. The van der Waals surface area contributed by atoms with Gasteiger partial charge in [-0.05, 0) is 12.1 Å². The first kappa shape index (κ1) is 9.67. The van der Waals surface area contributed by atoms with Gasteiger partial charge in [0.1, 0.15) is 5.69 Å². The zero-order valence-electron chi connectivity index (χ0n) is 8.42. The number of methoxy groups -OCH3 is 1. The highest BCUT2D eigenvalue weighted by Gasteiger charge is 2.04. The molecular weight excluding hydrogens is 192 g/mol. The van der Waals surface area contributed by atoms with Crippen molar-refractivity contribution in [3.8, 4) is 5.69 Å². The molecule has 0 fully saturated rings. The Morgan fingerprint density at radius 2 is 2.20 bits per heavy atom. The van der Waals surface area contributed by atoms with Crippen molar-refractivity contribution >= 4 is 5.69 Å². The summed E-state index contributed by atoms with van der Waals surface area (Å²) in [5, 5.41) is 7.93. The first-order valence-corrected chi connectivity index (χ1v) is 4.56. The van der Waals surface area contributed by atoms with Gasteiger partial charge in [0, 0.05) is 7.11 Å². The van der Waals surface area contributed by atoms with E-state index >= 15 is 0 Å². The second-order valence-corrected chi connectivity index (χ2v) is 3.15. The van der Waals surface area contributed by atoms with Gasteiger partial charge < -0.3 is 10.5 Å². The molecule has 78 valence electrons. The summed E-state index contributed by atoms with van der Waals surface area (Å²) in [6.45, 7) is 0.451. The molecule has 0 bridgehead atoms. The van der Waals surface area contributed by atoms with Crippen molar-refractivity contribution in [3.05, 3.63) is 36.2 Å². The maximum atomic E-state index is 5.82. The van der Waals surface area contributed by atoms with Gasteiger partial charge in [-0.25, -0.2) is 4.68 Å². The summed E-state index contributed by atoms with van der Waals surface area (Å²) in [5.41, 5.74) is 8.09. The van der Waals surface area contributed by atoms with Crippen molar-refractivity contribution < 1.29 is 4.74 Å². The topological polar surface area (TPSA) is 66.0 Å². The lowest BCUT2D eigenvalue weighted by molar-refractivity contribution is 0.181. The van der Waals surface area contributed by atoms with E-state index in [1.54, 1.807) is 18.0 Å². The zero-order chi connectivity index (χ0) is 10.7. The van der Waals surface area contributed by atoms with Crippen LogP contribution in [0.2, 0.25) is 0 Å². The second kappa shape index (κ2) is 4.10. The molecule has 2 aromatic rings. The van der Waals surface area contributed by atoms with Gasteiger partial charge in [-0.15, -0.1) is 5.10 Å². The van der Waals surface area contributed by atoms with Crippen LogP contribution in [-0.4, -0.2) is 22.1 Å². The van der Waals surface area contributed by atoms with Gasteiger partial charge in [-0.1, -0.05) is 17.3 Å². The molecule has 2 N–H and O–H groups in total. The van der Waals surface area contributed by atoms with Crippen LogP contribution in [-0.2, 0) is 11.3 Å². The highest BCUT2D eigenvalue weighted by molar-refractivity contribution is 5.56. The molecule has 0 atom stereocenters. The van der Waals surface area contributed by atoms with Gasteiger partial charge >= 0.3 is 0 Å². The molecule has 0 unspecified atom stereocenters. The molecule has 0 aliphatic carbocycles. The average Bonchev–Trinajstić information content (AvgIpc) is 2.68. The van der Waals surface area contributed by atoms with Crippen LogP contribution < -0.4 is 5.73 Å². The standard InChI is InChI=1S/C10H12N4O/c1-15-7-8-6-14(13-12-8)10-5-3-2-4-9(10)11/h2-6H,7,11H2,1H3. The monoisotopic (exact) mass is 204 g/mol. The molecule has 5 nitrogen and oxygen atoms in total. The van der Waals surface area contributed by atoms with Crippen molar-refractivity contribution in [2.45, 2.75) is 6.61 Å². The fourth-order valence-corrected chi connectivity index (χ4v) is 1.33. The average molecular weight is 204 g/mol. The molecule has 1 aromatic heterocycles. The summed E-state index contributed by atoms with van der Waals surface area (Å²) in [6, 6.07) is 7.50. The van der Waals surface area contributed by atoms with Crippen LogP contribution in [0.25, 0.3) is 5.69 Å². The van der Waals surface area contributed by atoms with E-state index in [-0.39, 0.29) is 0 Å². The Hall–Kier alpha value is -1.88. The lowest BCUT2D eigenvalue weighted by Gasteiger charge is -2.02. The molecule has 0 radical (unpaired) electrons.